The van der Waals surface area contributed by atoms with Crippen LogP contribution in [0.15, 0.2) is 42.5 Å². The first-order valence-corrected chi connectivity index (χ1v) is 7.99. The fourth-order valence-corrected chi connectivity index (χ4v) is 4.41. The molecule has 3 unspecified atom stereocenters. The minimum atomic E-state index is 0.256. The molecule has 1 aliphatic heterocycles. The molecule has 2 aliphatic rings. The van der Waals surface area contributed by atoms with Gasteiger partial charge in [-0.15, -0.1) is 0 Å². The first-order valence-electron chi connectivity index (χ1n) is 7.99. The van der Waals surface area contributed by atoms with Crippen LogP contribution in [0, 0.1) is 11.3 Å². The molecule has 1 N–H and O–H groups in total. The summed E-state index contributed by atoms with van der Waals surface area (Å²) in [5.74, 6) is 0.704. The second-order valence-corrected chi connectivity index (χ2v) is 7.06. The highest BCUT2D eigenvalue weighted by Gasteiger charge is 2.58. The van der Waals surface area contributed by atoms with Crippen molar-refractivity contribution < 1.29 is 4.74 Å². The molecule has 4 rings (SSSR count). The average Bonchev–Trinajstić information content (AvgIpc) is 2.94. The second kappa shape index (κ2) is 4.82. The molecule has 1 heterocycles. The van der Waals surface area contributed by atoms with E-state index in [1.54, 1.807) is 0 Å². The van der Waals surface area contributed by atoms with Gasteiger partial charge in [-0.3, -0.25) is 0 Å². The number of hydrogen-bond acceptors (Lipinski definition) is 2. The van der Waals surface area contributed by atoms with Crippen LogP contribution in [0.25, 0.3) is 10.8 Å². The molecule has 0 amide bonds. The lowest BCUT2D eigenvalue weighted by molar-refractivity contribution is -0.113. The Labute approximate surface area is 126 Å². The zero-order valence-electron chi connectivity index (χ0n) is 12.8. The van der Waals surface area contributed by atoms with E-state index in [0.29, 0.717) is 18.1 Å². The van der Waals surface area contributed by atoms with Crippen molar-refractivity contribution in [2.24, 2.45) is 11.3 Å². The van der Waals surface area contributed by atoms with Crippen LogP contribution in [0.5, 0.6) is 0 Å². The van der Waals surface area contributed by atoms with E-state index in [1.165, 1.54) is 22.8 Å². The number of rotatable bonds is 3. The predicted octanol–water partition coefficient (Wildman–Crippen LogP) is 3.74. The Hall–Kier alpha value is -1.38. The van der Waals surface area contributed by atoms with Crippen LogP contribution in [0.4, 0.5) is 0 Å². The molecular weight excluding hydrogens is 258 g/mol. The van der Waals surface area contributed by atoms with Gasteiger partial charge in [0.15, 0.2) is 0 Å². The summed E-state index contributed by atoms with van der Waals surface area (Å²) in [6, 6.07) is 15.8. The Morgan fingerprint density at radius 3 is 2.86 bits per heavy atom. The lowest BCUT2D eigenvalue weighted by Gasteiger charge is -2.55. The Kier molecular flexibility index (Phi) is 3.05. The van der Waals surface area contributed by atoms with E-state index in [0.717, 1.165) is 13.2 Å². The van der Waals surface area contributed by atoms with Crippen molar-refractivity contribution in [3.05, 3.63) is 48.0 Å². The zero-order chi connectivity index (χ0) is 14.4. The van der Waals surface area contributed by atoms with E-state index in [2.05, 4.69) is 61.6 Å². The molecule has 1 saturated heterocycles. The van der Waals surface area contributed by atoms with Gasteiger partial charge < -0.3 is 10.1 Å². The summed E-state index contributed by atoms with van der Waals surface area (Å²) in [6.07, 6.45) is 1.67. The smallest absolute Gasteiger partial charge is 0.0685 e. The maximum absolute atomic E-state index is 5.88. The van der Waals surface area contributed by atoms with E-state index in [1.807, 2.05) is 0 Å². The molecule has 21 heavy (non-hydrogen) atoms. The van der Waals surface area contributed by atoms with Crippen LogP contribution in [-0.2, 0) is 11.3 Å². The van der Waals surface area contributed by atoms with Gasteiger partial charge in [-0.1, -0.05) is 56.3 Å². The zero-order valence-corrected chi connectivity index (χ0v) is 12.8. The van der Waals surface area contributed by atoms with Gasteiger partial charge in [-0.2, -0.15) is 0 Å². The molecule has 0 aromatic heterocycles. The van der Waals surface area contributed by atoms with Crippen LogP contribution >= 0.6 is 0 Å². The van der Waals surface area contributed by atoms with Gasteiger partial charge in [-0.25, -0.2) is 0 Å². The molecule has 1 aliphatic carbocycles. The quantitative estimate of drug-likeness (QED) is 0.925. The van der Waals surface area contributed by atoms with Crippen molar-refractivity contribution in [3.63, 3.8) is 0 Å². The molecule has 0 spiro atoms. The number of ether oxygens (including phenoxy) is 1. The van der Waals surface area contributed by atoms with Crippen LogP contribution in [-0.4, -0.2) is 18.8 Å². The summed E-state index contributed by atoms with van der Waals surface area (Å²) in [5, 5.41) is 6.50. The topological polar surface area (TPSA) is 21.3 Å². The molecule has 2 fully saturated rings. The Bertz CT molecular complexity index is 658. The summed E-state index contributed by atoms with van der Waals surface area (Å²) in [5.41, 5.74) is 1.65. The highest BCUT2D eigenvalue weighted by Crippen LogP contribution is 2.52. The first-order chi connectivity index (χ1) is 10.2. The molecule has 110 valence electrons. The van der Waals surface area contributed by atoms with Gasteiger partial charge in [0.25, 0.3) is 0 Å². The summed E-state index contributed by atoms with van der Waals surface area (Å²) in [6.45, 7) is 6.55. The van der Waals surface area contributed by atoms with Crippen LogP contribution in [0.1, 0.15) is 25.8 Å². The second-order valence-electron chi connectivity index (χ2n) is 7.06. The largest absolute Gasteiger partial charge is 0.377 e. The van der Waals surface area contributed by atoms with Crippen molar-refractivity contribution in [1.82, 2.24) is 5.32 Å². The number of hydrogen-bond donors (Lipinski definition) is 1. The molecule has 0 bridgehead atoms. The fraction of sp³-hybridized carbons (Fsp3) is 0.474. The predicted molar refractivity (Wildman–Crippen MR) is 86.2 cm³/mol. The maximum atomic E-state index is 5.88. The van der Waals surface area contributed by atoms with Crippen LogP contribution < -0.4 is 5.32 Å². The highest BCUT2D eigenvalue weighted by molar-refractivity contribution is 5.85. The third kappa shape index (κ3) is 2.01. The van der Waals surface area contributed by atoms with Crippen LogP contribution in [0.2, 0.25) is 0 Å². The lowest BCUT2D eigenvalue weighted by atomic mass is 9.57. The highest BCUT2D eigenvalue weighted by atomic mass is 16.5. The summed E-state index contributed by atoms with van der Waals surface area (Å²) in [7, 11) is 0. The van der Waals surface area contributed by atoms with Crippen molar-refractivity contribution in [2.45, 2.75) is 39.0 Å². The summed E-state index contributed by atoms with van der Waals surface area (Å²) >= 11 is 0. The van der Waals surface area contributed by atoms with E-state index in [4.69, 9.17) is 4.74 Å². The van der Waals surface area contributed by atoms with Crippen LogP contribution in [0.3, 0.4) is 0 Å². The number of nitrogens with one attached hydrogen (secondary N) is 1. The average molecular weight is 281 g/mol. The van der Waals surface area contributed by atoms with Crippen molar-refractivity contribution in [2.75, 3.05) is 6.61 Å². The lowest BCUT2D eigenvalue weighted by Crippen LogP contribution is -2.65. The van der Waals surface area contributed by atoms with Crippen molar-refractivity contribution in [1.29, 1.82) is 0 Å². The minimum absolute atomic E-state index is 0.256. The SMILES string of the molecule is CC1(C)C(NCc2cccc3ccccc23)C2CCOC21. The van der Waals surface area contributed by atoms with Crippen molar-refractivity contribution in [3.8, 4) is 0 Å². The maximum Gasteiger partial charge on any atom is 0.0685 e. The van der Waals surface area contributed by atoms with Crippen molar-refractivity contribution >= 4 is 10.8 Å². The summed E-state index contributed by atoms with van der Waals surface area (Å²) < 4.78 is 5.88. The minimum Gasteiger partial charge on any atom is -0.377 e. The molecule has 3 atom stereocenters. The molecule has 2 aromatic carbocycles. The summed E-state index contributed by atoms with van der Waals surface area (Å²) in [4.78, 5) is 0. The van der Waals surface area contributed by atoms with E-state index in [9.17, 15) is 0 Å². The van der Waals surface area contributed by atoms with E-state index < -0.39 is 0 Å². The molecule has 1 saturated carbocycles. The third-order valence-corrected chi connectivity index (χ3v) is 5.49. The van der Waals surface area contributed by atoms with Gasteiger partial charge in [0.2, 0.25) is 0 Å². The normalized spacial score (nSPS) is 30.1. The van der Waals surface area contributed by atoms with Gasteiger partial charge in [0.05, 0.1) is 6.10 Å². The van der Waals surface area contributed by atoms with E-state index >= 15 is 0 Å². The first kappa shape index (κ1) is 13.3. The fourth-order valence-electron chi connectivity index (χ4n) is 4.41. The molecule has 2 nitrogen and oxygen atoms in total. The Morgan fingerprint density at radius 1 is 1.14 bits per heavy atom. The van der Waals surface area contributed by atoms with Gasteiger partial charge in [0, 0.05) is 30.5 Å². The van der Waals surface area contributed by atoms with Gasteiger partial charge >= 0.3 is 0 Å². The van der Waals surface area contributed by atoms with Gasteiger partial charge in [0.1, 0.15) is 0 Å². The molecule has 2 heteroatoms. The van der Waals surface area contributed by atoms with Gasteiger partial charge in [-0.05, 0) is 22.8 Å². The third-order valence-electron chi connectivity index (χ3n) is 5.49. The number of benzene rings is 2. The Morgan fingerprint density at radius 2 is 1.95 bits per heavy atom. The van der Waals surface area contributed by atoms with E-state index in [-0.39, 0.29) is 5.41 Å². The number of fused-ring (bicyclic) bond motifs is 2. The molecule has 0 radical (unpaired) electrons. The Balaban J connectivity index is 1.54. The molecular formula is C19H23NO. The molecule has 2 aromatic rings. The standard InChI is InChI=1S/C19H23NO/c1-19(2)17(16-10-11-21-18(16)19)20-12-14-8-5-7-13-6-3-4-9-15(13)14/h3-9,16-18,20H,10-12H2,1-2H3. The monoisotopic (exact) mass is 281 g/mol.